The second-order valence-corrected chi connectivity index (χ2v) is 6.24. The summed E-state index contributed by atoms with van der Waals surface area (Å²) in [5.41, 5.74) is 1.08. The number of nitrogens with one attached hydrogen (secondary N) is 1. The summed E-state index contributed by atoms with van der Waals surface area (Å²) in [5.74, 6) is 1.02. The highest BCUT2D eigenvalue weighted by atomic mass is 32.2. The van der Waals surface area contributed by atoms with Crippen LogP contribution in [0.1, 0.15) is 37.8 Å². The molecule has 0 radical (unpaired) electrons. The van der Waals surface area contributed by atoms with E-state index in [2.05, 4.69) is 28.7 Å². The van der Waals surface area contributed by atoms with Crippen LogP contribution in [0.15, 0.2) is 18.2 Å². The molecule has 1 aromatic heterocycles. The first kappa shape index (κ1) is 12.7. The maximum Gasteiger partial charge on any atom is 0.126 e. The summed E-state index contributed by atoms with van der Waals surface area (Å²) in [6, 6.07) is 6.16. The fraction of sp³-hybridized carbons (Fsp3) is 0.643. The number of anilines is 1. The average molecular weight is 250 g/mol. The van der Waals surface area contributed by atoms with Gasteiger partial charge < -0.3 is 5.32 Å². The first-order valence-electron chi connectivity index (χ1n) is 6.47. The van der Waals surface area contributed by atoms with Gasteiger partial charge in [0.05, 0.1) is 0 Å². The minimum Gasteiger partial charge on any atom is -0.369 e. The maximum absolute atomic E-state index is 4.50. The van der Waals surface area contributed by atoms with Crippen LogP contribution in [0.25, 0.3) is 0 Å². The van der Waals surface area contributed by atoms with E-state index < -0.39 is 0 Å². The van der Waals surface area contributed by atoms with E-state index in [0.717, 1.165) is 18.1 Å². The van der Waals surface area contributed by atoms with Crippen molar-refractivity contribution in [3.63, 3.8) is 0 Å². The van der Waals surface area contributed by atoms with Crippen LogP contribution in [0.4, 0.5) is 5.82 Å². The molecule has 0 aromatic carbocycles. The molecule has 1 heterocycles. The van der Waals surface area contributed by atoms with Crippen LogP contribution in [0, 0.1) is 6.92 Å². The molecule has 1 aromatic rings. The summed E-state index contributed by atoms with van der Waals surface area (Å²) in [4.78, 5) is 4.50. The largest absolute Gasteiger partial charge is 0.369 e. The lowest BCUT2D eigenvalue weighted by Gasteiger charge is -2.36. The van der Waals surface area contributed by atoms with Crippen molar-refractivity contribution in [2.75, 3.05) is 18.1 Å². The molecule has 0 unspecified atom stereocenters. The summed E-state index contributed by atoms with van der Waals surface area (Å²) in [6.07, 6.45) is 9.09. The van der Waals surface area contributed by atoms with Crippen molar-refractivity contribution in [2.24, 2.45) is 0 Å². The van der Waals surface area contributed by atoms with Gasteiger partial charge in [-0.25, -0.2) is 4.98 Å². The van der Waals surface area contributed by atoms with Gasteiger partial charge in [0.1, 0.15) is 5.82 Å². The van der Waals surface area contributed by atoms with E-state index in [1.807, 2.05) is 24.8 Å². The first-order valence-corrected chi connectivity index (χ1v) is 7.69. The molecule has 1 N–H and O–H groups in total. The number of pyridine rings is 1. The lowest BCUT2D eigenvalue weighted by Crippen LogP contribution is -2.35. The fourth-order valence-corrected chi connectivity index (χ4v) is 3.46. The van der Waals surface area contributed by atoms with Crippen LogP contribution in [-0.4, -0.2) is 22.5 Å². The zero-order chi connectivity index (χ0) is 12.1. The number of aromatic nitrogens is 1. The minimum atomic E-state index is 0.434. The van der Waals surface area contributed by atoms with Crippen molar-refractivity contribution < 1.29 is 0 Å². The van der Waals surface area contributed by atoms with E-state index in [0.29, 0.717) is 4.75 Å². The van der Waals surface area contributed by atoms with Crippen LogP contribution in [0.2, 0.25) is 0 Å². The van der Waals surface area contributed by atoms with Crippen molar-refractivity contribution in [1.82, 2.24) is 4.98 Å². The zero-order valence-electron chi connectivity index (χ0n) is 10.8. The Kier molecular flexibility index (Phi) is 4.32. The van der Waals surface area contributed by atoms with Gasteiger partial charge in [-0.3, -0.25) is 0 Å². The van der Waals surface area contributed by atoms with Crippen LogP contribution < -0.4 is 5.32 Å². The molecule has 1 saturated carbocycles. The topological polar surface area (TPSA) is 24.9 Å². The summed E-state index contributed by atoms with van der Waals surface area (Å²) >= 11 is 2.03. The quantitative estimate of drug-likeness (QED) is 0.878. The Bertz CT molecular complexity index is 359. The van der Waals surface area contributed by atoms with Crippen LogP contribution in [0.3, 0.4) is 0 Å². The van der Waals surface area contributed by atoms with Crippen molar-refractivity contribution in [1.29, 1.82) is 0 Å². The van der Waals surface area contributed by atoms with Gasteiger partial charge in [0.2, 0.25) is 0 Å². The Morgan fingerprint density at radius 3 is 2.71 bits per heavy atom. The van der Waals surface area contributed by atoms with E-state index >= 15 is 0 Å². The van der Waals surface area contributed by atoms with Crippen LogP contribution in [0.5, 0.6) is 0 Å². The molecule has 94 valence electrons. The van der Waals surface area contributed by atoms with Gasteiger partial charge in [0.25, 0.3) is 0 Å². The van der Waals surface area contributed by atoms with Gasteiger partial charge in [-0.05, 0) is 38.2 Å². The molecule has 1 aliphatic rings. The molecule has 2 rings (SSSR count). The third-order valence-corrected chi connectivity index (χ3v) is 5.10. The highest BCUT2D eigenvalue weighted by Crippen LogP contribution is 2.38. The number of hydrogen-bond donors (Lipinski definition) is 1. The highest BCUT2D eigenvalue weighted by Gasteiger charge is 2.30. The van der Waals surface area contributed by atoms with Crippen molar-refractivity contribution in [2.45, 2.75) is 43.8 Å². The molecule has 0 amide bonds. The predicted octanol–water partition coefficient (Wildman–Crippen LogP) is 3.87. The molecule has 2 nitrogen and oxygen atoms in total. The monoisotopic (exact) mass is 250 g/mol. The van der Waals surface area contributed by atoms with E-state index in [4.69, 9.17) is 0 Å². The van der Waals surface area contributed by atoms with Gasteiger partial charge in [-0.15, -0.1) is 0 Å². The summed E-state index contributed by atoms with van der Waals surface area (Å²) in [5, 5.41) is 3.52. The molecule has 0 aliphatic heterocycles. The Morgan fingerprint density at radius 1 is 1.29 bits per heavy atom. The van der Waals surface area contributed by atoms with Gasteiger partial charge >= 0.3 is 0 Å². The van der Waals surface area contributed by atoms with Crippen LogP contribution in [-0.2, 0) is 0 Å². The summed E-state index contributed by atoms with van der Waals surface area (Å²) in [6.45, 7) is 3.08. The van der Waals surface area contributed by atoms with Crippen molar-refractivity contribution >= 4 is 17.6 Å². The molecule has 17 heavy (non-hydrogen) atoms. The second-order valence-electron chi connectivity index (χ2n) is 4.97. The molecular weight excluding hydrogens is 228 g/mol. The van der Waals surface area contributed by atoms with Crippen molar-refractivity contribution in [3.05, 3.63) is 23.9 Å². The molecule has 1 fully saturated rings. The first-order chi connectivity index (χ1) is 8.24. The molecule has 0 atom stereocenters. The number of aryl methyl sites for hydroxylation is 1. The minimum absolute atomic E-state index is 0.434. The fourth-order valence-electron chi connectivity index (χ4n) is 2.54. The molecular formula is C14H22N2S. The maximum atomic E-state index is 4.50. The smallest absolute Gasteiger partial charge is 0.126 e. The third-order valence-electron chi connectivity index (χ3n) is 3.68. The molecule has 3 heteroatoms. The third kappa shape index (κ3) is 3.38. The number of hydrogen-bond acceptors (Lipinski definition) is 3. The van der Waals surface area contributed by atoms with Crippen LogP contribution >= 0.6 is 11.8 Å². The molecule has 0 spiro atoms. The Hall–Kier alpha value is -0.700. The lowest BCUT2D eigenvalue weighted by molar-refractivity contribution is 0.411. The average Bonchev–Trinajstić information content (AvgIpc) is 2.38. The standard InChI is InChI=1S/C14H22N2S/c1-12-7-6-8-13(16-12)15-11-14(17-2)9-4-3-5-10-14/h6-8H,3-5,9-11H2,1-2H3,(H,15,16). The Labute approximate surface area is 109 Å². The number of nitrogens with zero attached hydrogens (tertiary/aromatic N) is 1. The predicted molar refractivity (Wildman–Crippen MR) is 76.8 cm³/mol. The lowest BCUT2D eigenvalue weighted by atomic mass is 9.88. The number of thioether (sulfide) groups is 1. The van der Waals surface area contributed by atoms with E-state index in [-0.39, 0.29) is 0 Å². The Morgan fingerprint density at radius 2 is 2.06 bits per heavy atom. The highest BCUT2D eigenvalue weighted by molar-refractivity contribution is 8.00. The number of rotatable bonds is 4. The summed E-state index contributed by atoms with van der Waals surface area (Å²) in [7, 11) is 0. The van der Waals surface area contributed by atoms with E-state index in [9.17, 15) is 0 Å². The summed E-state index contributed by atoms with van der Waals surface area (Å²) < 4.78 is 0.434. The second kappa shape index (κ2) is 5.76. The van der Waals surface area contributed by atoms with E-state index in [1.165, 1.54) is 32.1 Å². The normalized spacial score (nSPS) is 18.9. The molecule has 0 bridgehead atoms. The van der Waals surface area contributed by atoms with E-state index in [1.54, 1.807) is 0 Å². The van der Waals surface area contributed by atoms with Gasteiger partial charge in [0.15, 0.2) is 0 Å². The SMILES string of the molecule is CSC1(CNc2cccc(C)n2)CCCCC1. The molecule has 0 saturated heterocycles. The molecule has 1 aliphatic carbocycles. The Balaban J connectivity index is 1.95. The van der Waals surface area contributed by atoms with Gasteiger partial charge in [-0.2, -0.15) is 11.8 Å². The van der Waals surface area contributed by atoms with Gasteiger partial charge in [-0.1, -0.05) is 25.3 Å². The van der Waals surface area contributed by atoms with Crippen molar-refractivity contribution in [3.8, 4) is 0 Å². The zero-order valence-corrected chi connectivity index (χ0v) is 11.6. The van der Waals surface area contributed by atoms with Gasteiger partial charge in [0, 0.05) is 17.0 Å².